The van der Waals surface area contributed by atoms with Gasteiger partial charge in [0, 0.05) is 22.5 Å². The Labute approximate surface area is 167 Å². The third-order valence-electron chi connectivity index (χ3n) is 4.70. The van der Waals surface area contributed by atoms with Crippen LogP contribution in [0.15, 0.2) is 59.3 Å². The molecule has 4 rings (SSSR count). The Balaban J connectivity index is 1.60. The smallest absolute Gasteiger partial charge is 0.257 e. The van der Waals surface area contributed by atoms with Crippen molar-refractivity contribution in [3.05, 3.63) is 81.3 Å². The lowest BCUT2D eigenvalue weighted by atomic mass is 10.1. The summed E-state index contributed by atoms with van der Waals surface area (Å²) in [6, 6.07) is 16.2. The van der Waals surface area contributed by atoms with Gasteiger partial charge in [-0.2, -0.15) is 0 Å². The summed E-state index contributed by atoms with van der Waals surface area (Å²) in [6.07, 6.45) is 2.38. The van der Waals surface area contributed by atoms with E-state index in [1.807, 2.05) is 36.1 Å². The number of amides is 1. The van der Waals surface area contributed by atoms with Crippen molar-refractivity contribution in [3.8, 4) is 0 Å². The van der Waals surface area contributed by atoms with Crippen molar-refractivity contribution in [2.75, 3.05) is 6.54 Å². The van der Waals surface area contributed by atoms with Crippen LogP contribution in [0.1, 0.15) is 31.4 Å². The average molecular weight is 391 g/mol. The summed E-state index contributed by atoms with van der Waals surface area (Å²) in [6.45, 7) is 5.16. The maximum absolute atomic E-state index is 13.3. The normalized spacial score (nSPS) is 11.1. The number of hydrogen-bond donors (Lipinski definition) is 0. The molecule has 0 bridgehead atoms. The minimum absolute atomic E-state index is 0.0306. The minimum Gasteiger partial charge on any atom is -0.336 e. The highest BCUT2D eigenvalue weighted by Crippen LogP contribution is 2.21. The molecule has 28 heavy (non-hydrogen) atoms. The Bertz CT molecular complexity index is 1100. The van der Waals surface area contributed by atoms with Crippen molar-refractivity contribution >= 4 is 28.3 Å². The quantitative estimate of drug-likeness (QED) is 0.474. The first-order chi connectivity index (χ1) is 13.6. The molecule has 3 heterocycles. The van der Waals surface area contributed by atoms with Crippen LogP contribution < -0.4 is 0 Å². The Morgan fingerprint density at radius 1 is 1.14 bits per heavy atom. The van der Waals surface area contributed by atoms with E-state index >= 15 is 0 Å². The van der Waals surface area contributed by atoms with Crippen molar-refractivity contribution in [1.29, 1.82) is 0 Å². The number of fused-ring (bicyclic) bond motifs is 1. The van der Waals surface area contributed by atoms with Gasteiger partial charge in [-0.15, -0.1) is 11.3 Å². The molecule has 0 radical (unpaired) electrons. The van der Waals surface area contributed by atoms with E-state index in [9.17, 15) is 4.79 Å². The van der Waals surface area contributed by atoms with Gasteiger partial charge in [-0.1, -0.05) is 35.5 Å². The van der Waals surface area contributed by atoms with Crippen LogP contribution in [0.2, 0.25) is 0 Å². The van der Waals surface area contributed by atoms with Gasteiger partial charge in [0.15, 0.2) is 0 Å². The van der Waals surface area contributed by atoms with Gasteiger partial charge in [0.25, 0.3) is 11.6 Å². The summed E-state index contributed by atoms with van der Waals surface area (Å²) in [5, 5.41) is 4.71. The molecular formula is C22H21N3O2S. The average Bonchev–Trinajstić information content (AvgIpc) is 3.30. The van der Waals surface area contributed by atoms with E-state index in [0.29, 0.717) is 24.4 Å². The molecule has 0 saturated heterocycles. The van der Waals surface area contributed by atoms with Gasteiger partial charge in [-0.05, 0) is 44.0 Å². The van der Waals surface area contributed by atoms with Crippen LogP contribution in [0.4, 0.5) is 0 Å². The summed E-state index contributed by atoms with van der Waals surface area (Å²) in [5.74, 6) is -0.0306. The first-order valence-corrected chi connectivity index (χ1v) is 10.0. The minimum atomic E-state index is -0.0306. The van der Waals surface area contributed by atoms with E-state index < -0.39 is 0 Å². The number of aromatic nitrogens is 2. The van der Waals surface area contributed by atoms with E-state index in [1.165, 1.54) is 15.3 Å². The summed E-state index contributed by atoms with van der Waals surface area (Å²) in [5.41, 5.74) is 2.96. The van der Waals surface area contributed by atoms with Gasteiger partial charge < -0.3 is 9.42 Å². The third kappa shape index (κ3) is 3.97. The molecule has 0 N–H and O–H groups in total. The predicted molar refractivity (Wildman–Crippen MR) is 110 cm³/mol. The zero-order chi connectivity index (χ0) is 19.5. The lowest BCUT2D eigenvalue weighted by Crippen LogP contribution is -2.32. The van der Waals surface area contributed by atoms with Crippen LogP contribution in [-0.4, -0.2) is 27.5 Å². The van der Waals surface area contributed by atoms with E-state index in [2.05, 4.69) is 41.3 Å². The van der Waals surface area contributed by atoms with Crippen molar-refractivity contribution in [1.82, 2.24) is 15.0 Å². The SMILES string of the molecule is Cc1ccc(CN(CCc2ccccc2)C(=O)c2cnc3onc(C)c3c2)s1. The fourth-order valence-electron chi connectivity index (χ4n) is 3.16. The number of carbonyl (C=O) groups excluding carboxylic acids is 1. The second-order valence-electron chi connectivity index (χ2n) is 6.82. The van der Waals surface area contributed by atoms with Crippen LogP contribution in [-0.2, 0) is 13.0 Å². The van der Waals surface area contributed by atoms with Gasteiger partial charge in [0.05, 0.1) is 23.2 Å². The number of carbonyl (C=O) groups is 1. The highest BCUT2D eigenvalue weighted by atomic mass is 32.1. The lowest BCUT2D eigenvalue weighted by molar-refractivity contribution is 0.0746. The molecular weight excluding hydrogens is 370 g/mol. The number of thiophene rings is 1. The standard InChI is InChI=1S/C22H21N3O2S/c1-15-8-9-19(28-15)14-25(11-10-17-6-4-3-5-7-17)22(26)18-12-20-16(2)24-27-21(20)23-13-18/h3-9,12-13H,10-11,14H2,1-2H3. The molecule has 142 valence electrons. The zero-order valence-electron chi connectivity index (χ0n) is 15.9. The van der Waals surface area contributed by atoms with E-state index in [1.54, 1.807) is 17.5 Å². The molecule has 1 aromatic carbocycles. The van der Waals surface area contributed by atoms with Gasteiger partial charge in [0.2, 0.25) is 0 Å². The fourth-order valence-corrected chi connectivity index (χ4v) is 4.07. The largest absolute Gasteiger partial charge is 0.336 e. The van der Waals surface area contributed by atoms with Crippen LogP contribution in [0.25, 0.3) is 11.1 Å². The molecule has 0 aliphatic heterocycles. The van der Waals surface area contributed by atoms with E-state index in [4.69, 9.17) is 4.52 Å². The number of rotatable bonds is 6. The molecule has 3 aromatic heterocycles. The molecule has 0 unspecified atom stereocenters. The molecule has 1 amide bonds. The highest BCUT2D eigenvalue weighted by Gasteiger charge is 2.19. The molecule has 0 aliphatic rings. The monoisotopic (exact) mass is 391 g/mol. The zero-order valence-corrected chi connectivity index (χ0v) is 16.7. The predicted octanol–water partition coefficient (Wildman–Crippen LogP) is 4.79. The summed E-state index contributed by atoms with van der Waals surface area (Å²) in [4.78, 5) is 21.9. The van der Waals surface area contributed by atoms with Crippen LogP contribution in [0.5, 0.6) is 0 Å². The van der Waals surface area contributed by atoms with Gasteiger partial charge in [-0.3, -0.25) is 4.79 Å². The number of aryl methyl sites for hydroxylation is 2. The van der Waals surface area contributed by atoms with Crippen LogP contribution >= 0.6 is 11.3 Å². The molecule has 5 nitrogen and oxygen atoms in total. The molecule has 0 fully saturated rings. The Kier molecular flexibility index (Phi) is 5.21. The Morgan fingerprint density at radius 3 is 2.71 bits per heavy atom. The topological polar surface area (TPSA) is 59.2 Å². The fraction of sp³-hybridized carbons (Fsp3) is 0.227. The van der Waals surface area contributed by atoms with Crippen molar-refractivity contribution in [2.45, 2.75) is 26.8 Å². The van der Waals surface area contributed by atoms with Gasteiger partial charge >= 0.3 is 0 Å². The molecule has 6 heteroatoms. The van der Waals surface area contributed by atoms with Gasteiger partial charge in [-0.25, -0.2) is 4.98 Å². The number of hydrogen-bond acceptors (Lipinski definition) is 5. The van der Waals surface area contributed by atoms with Crippen molar-refractivity contribution < 1.29 is 9.32 Å². The van der Waals surface area contributed by atoms with Gasteiger partial charge in [0.1, 0.15) is 0 Å². The number of benzene rings is 1. The molecule has 0 spiro atoms. The highest BCUT2D eigenvalue weighted by molar-refractivity contribution is 7.11. The van der Waals surface area contributed by atoms with Crippen molar-refractivity contribution in [3.63, 3.8) is 0 Å². The van der Waals surface area contributed by atoms with Crippen LogP contribution in [0.3, 0.4) is 0 Å². The number of pyridine rings is 1. The Morgan fingerprint density at radius 2 is 1.96 bits per heavy atom. The maximum Gasteiger partial charge on any atom is 0.257 e. The molecule has 4 aromatic rings. The lowest BCUT2D eigenvalue weighted by Gasteiger charge is -2.22. The third-order valence-corrected chi connectivity index (χ3v) is 5.69. The first-order valence-electron chi connectivity index (χ1n) is 9.21. The molecule has 0 atom stereocenters. The van der Waals surface area contributed by atoms with Crippen molar-refractivity contribution in [2.24, 2.45) is 0 Å². The maximum atomic E-state index is 13.3. The summed E-state index contributed by atoms with van der Waals surface area (Å²) < 4.78 is 5.16. The molecule has 0 saturated carbocycles. The second-order valence-corrected chi connectivity index (χ2v) is 8.19. The first kappa shape index (κ1) is 18.4. The van der Waals surface area contributed by atoms with E-state index in [0.717, 1.165) is 17.5 Å². The molecule has 0 aliphatic carbocycles. The second kappa shape index (κ2) is 7.94. The van der Waals surface area contributed by atoms with Crippen LogP contribution in [0, 0.1) is 13.8 Å². The Hall–Kier alpha value is -2.99. The van der Waals surface area contributed by atoms with E-state index in [-0.39, 0.29) is 5.91 Å². The summed E-state index contributed by atoms with van der Waals surface area (Å²) in [7, 11) is 0. The summed E-state index contributed by atoms with van der Waals surface area (Å²) >= 11 is 1.72. The number of nitrogens with zero attached hydrogens (tertiary/aromatic N) is 3.